The number of hydrogen-bond donors (Lipinski definition) is 1. The molecule has 0 fully saturated rings. The van der Waals surface area contributed by atoms with Crippen molar-refractivity contribution in [2.75, 3.05) is 12.9 Å². The van der Waals surface area contributed by atoms with Gasteiger partial charge in [0.25, 0.3) is 0 Å². The lowest BCUT2D eigenvalue weighted by Gasteiger charge is -2.04. The Morgan fingerprint density at radius 2 is 2.19 bits per heavy atom. The Hall–Kier alpha value is -1.23. The van der Waals surface area contributed by atoms with Gasteiger partial charge in [-0.3, -0.25) is 0 Å². The fraction of sp³-hybridized carbons (Fsp3) is 0.455. The van der Waals surface area contributed by atoms with Crippen LogP contribution in [0.25, 0.3) is 11.0 Å². The molecule has 0 spiro atoms. The Labute approximate surface area is 98.8 Å². The van der Waals surface area contributed by atoms with Crippen molar-refractivity contribution in [3.8, 4) is 5.88 Å². The van der Waals surface area contributed by atoms with E-state index in [0.717, 1.165) is 28.3 Å². The molecule has 0 aliphatic carbocycles. The van der Waals surface area contributed by atoms with Gasteiger partial charge in [0.05, 0.1) is 12.0 Å². The van der Waals surface area contributed by atoms with Crippen molar-refractivity contribution >= 4 is 22.8 Å². The van der Waals surface area contributed by atoms with Crippen LogP contribution in [0.1, 0.15) is 19.5 Å². The molecule has 1 N–H and O–H groups in total. The summed E-state index contributed by atoms with van der Waals surface area (Å²) >= 11 is 1.52. The van der Waals surface area contributed by atoms with E-state index in [4.69, 9.17) is 4.74 Å². The standard InChI is InChI=1S/C11H15N3OS/c1-4-7-6-8-9(12-7)13-11(16-3)14-10(8)15-5-2/h6H,4-5H2,1-3H3,(H,12,13,14). The SMILES string of the molecule is CCOc1nc(SC)nc2[nH]c(CC)cc12. The molecule has 86 valence electrons. The molecule has 0 unspecified atom stereocenters. The average molecular weight is 237 g/mol. The maximum atomic E-state index is 5.54. The summed E-state index contributed by atoms with van der Waals surface area (Å²) in [6.07, 6.45) is 2.91. The van der Waals surface area contributed by atoms with E-state index < -0.39 is 0 Å². The average Bonchev–Trinajstić information content (AvgIpc) is 2.72. The molecule has 0 atom stereocenters. The number of aromatic nitrogens is 3. The van der Waals surface area contributed by atoms with Crippen molar-refractivity contribution in [1.29, 1.82) is 0 Å². The van der Waals surface area contributed by atoms with E-state index in [0.29, 0.717) is 12.5 Å². The molecule has 16 heavy (non-hydrogen) atoms. The van der Waals surface area contributed by atoms with Gasteiger partial charge in [0, 0.05) is 5.69 Å². The molecule has 0 radical (unpaired) electrons. The van der Waals surface area contributed by atoms with Gasteiger partial charge in [-0.15, -0.1) is 0 Å². The highest BCUT2D eigenvalue weighted by Crippen LogP contribution is 2.26. The van der Waals surface area contributed by atoms with Gasteiger partial charge in [0.1, 0.15) is 5.65 Å². The second-order valence-electron chi connectivity index (χ2n) is 3.36. The Kier molecular flexibility index (Phi) is 3.33. The van der Waals surface area contributed by atoms with Crippen LogP contribution in [0, 0.1) is 0 Å². The summed E-state index contributed by atoms with van der Waals surface area (Å²) in [5, 5.41) is 1.71. The Morgan fingerprint density at radius 1 is 1.38 bits per heavy atom. The first-order valence-corrected chi connectivity index (χ1v) is 6.57. The van der Waals surface area contributed by atoms with Gasteiger partial charge < -0.3 is 9.72 Å². The molecule has 2 aromatic rings. The van der Waals surface area contributed by atoms with Crippen molar-refractivity contribution in [2.45, 2.75) is 25.4 Å². The van der Waals surface area contributed by atoms with Gasteiger partial charge in [-0.05, 0) is 25.7 Å². The predicted octanol–water partition coefficient (Wildman–Crippen LogP) is 2.64. The lowest BCUT2D eigenvalue weighted by molar-refractivity contribution is 0.328. The molecule has 0 aliphatic heterocycles. The van der Waals surface area contributed by atoms with Gasteiger partial charge >= 0.3 is 0 Å². The zero-order valence-corrected chi connectivity index (χ0v) is 10.5. The van der Waals surface area contributed by atoms with Gasteiger partial charge in [0.2, 0.25) is 5.88 Å². The maximum absolute atomic E-state index is 5.54. The smallest absolute Gasteiger partial charge is 0.227 e. The van der Waals surface area contributed by atoms with Crippen LogP contribution in [0.5, 0.6) is 5.88 Å². The van der Waals surface area contributed by atoms with Gasteiger partial charge in [-0.2, -0.15) is 4.98 Å². The second kappa shape index (κ2) is 4.74. The number of nitrogens with one attached hydrogen (secondary N) is 1. The van der Waals surface area contributed by atoms with Crippen molar-refractivity contribution in [3.63, 3.8) is 0 Å². The van der Waals surface area contributed by atoms with Crippen molar-refractivity contribution < 1.29 is 4.74 Å². The Balaban J connectivity index is 2.59. The summed E-state index contributed by atoms with van der Waals surface area (Å²) in [4.78, 5) is 12.1. The number of rotatable bonds is 4. The van der Waals surface area contributed by atoms with Gasteiger partial charge in [0.15, 0.2) is 5.16 Å². The predicted molar refractivity (Wildman–Crippen MR) is 66.2 cm³/mol. The topological polar surface area (TPSA) is 50.8 Å². The van der Waals surface area contributed by atoms with E-state index in [1.807, 2.05) is 13.2 Å². The van der Waals surface area contributed by atoms with E-state index in [1.54, 1.807) is 0 Å². The number of aromatic amines is 1. The lowest BCUT2D eigenvalue weighted by atomic mass is 10.3. The quantitative estimate of drug-likeness (QED) is 0.656. The first-order valence-electron chi connectivity index (χ1n) is 5.34. The fourth-order valence-electron chi connectivity index (χ4n) is 1.55. The Bertz CT molecular complexity index is 495. The minimum absolute atomic E-state index is 0.618. The summed E-state index contributed by atoms with van der Waals surface area (Å²) in [7, 11) is 0. The summed E-state index contributed by atoms with van der Waals surface area (Å²) in [5.41, 5.74) is 2.02. The van der Waals surface area contributed by atoms with Crippen LogP contribution >= 0.6 is 11.8 Å². The molecule has 2 heterocycles. The molecule has 2 rings (SSSR count). The van der Waals surface area contributed by atoms with Crippen LogP contribution in [0.2, 0.25) is 0 Å². The summed E-state index contributed by atoms with van der Waals surface area (Å²) in [6.45, 7) is 4.68. The molecule has 0 amide bonds. The molecular formula is C11H15N3OS. The third kappa shape index (κ3) is 2.00. The fourth-order valence-corrected chi connectivity index (χ4v) is 1.90. The van der Waals surface area contributed by atoms with Crippen molar-refractivity contribution in [2.24, 2.45) is 0 Å². The van der Waals surface area contributed by atoms with Crippen LogP contribution in [-0.2, 0) is 6.42 Å². The van der Waals surface area contributed by atoms with E-state index >= 15 is 0 Å². The zero-order valence-electron chi connectivity index (χ0n) is 9.70. The number of H-pyrrole nitrogens is 1. The number of hydrogen-bond acceptors (Lipinski definition) is 4. The molecule has 2 aromatic heterocycles. The van der Waals surface area contributed by atoms with Crippen LogP contribution in [0.4, 0.5) is 0 Å². The number of nitrogens with zero attached hydrogens (tertiary/aromatic N) is 2. The summed E-state index contributed by atoms with van der Waals surface area (Å²) < 4.78 is 5.54. The van der Waals surface area contributed by atoms with Crippen LogP contribution in [0.3, 0.4) is 0 Å². The first-order chi connectivity index (χ1) is 7.78. The van der Waals surface area contributed by atoms with Crippen LogP contribution in [-0.4, -0.2) is 27.8 Å². The zero-order chi connectivity index (χ0) is 11.5. The maximum Gasteiger partial charge on any atom is 0.227 e. The summed E-state index contributed by atoms with van der Waals surface area (Å²) in [6, 6.07) is 2.06. The second-order valence-corrected chi connectivity index (χ2v) is 4.13. The third-order valence-electron chi connectivity index (χ3n) is 2.33. The Morgan fingerprint density at radius 3 is 2.81 bits per heavy atom. The largest absolute Gasteiger partial charge is 0.477 e. The normalized spacial score (nSPS) is 10.9. The number of ether oxygens (including phenoxy) is 1. The van der Waals surface area contributed by atoms with E-state index in [1.165, 1.54) is 11.8 Å². The molecule has 0 bridgehead atoms. The van der Waals surface area contributed by atoms with Gasteiger partial charge in [-0.1, -0.05) is 18.7 Å². The molecule has 4 nitrogen and oxygen atoms in total. The van der Waals surface area contributed by atoms with Gasteiger partial charge in [-0.25, -0.2) is 4.98 Å². The number of aryl methyl sites for hydroxylation is 1. The van der Waals surface area contributed by atoms with Crippen LogP contribution in [0.15, 0.2) is 11.2 Å². The molecule has 0 saturated carbocycles. The lowest BCUT2D eigenvalue weighted by Crippen LogP contribution is -1.97. The van der Waals surface area contributed by atoms with Crippen LogP contribution < -0.4 is 4.74 Å². The molecule has 0 aromatic carbocycles. The highest BCUT2D eigenvalue weighted by molar-refractivity contribution is 7.98. The molecule has 5 heteroatoms. The number of thioether (sulfide) groups is 1. The van der Waals surface area contributed by atoms with Crippen molar-refractivity contribution in [3.05, 3.63) is 11.8 Å². The van der Waals surface area contributed by atoms with E-state index in [9.17, 15) is 0 Å². The minimum atomic E-state index is 0.618. The first kappa shape index (κ1) is 11.3. The summed E-state index contributed by atoms with van der Waals surface area (Å²) in [5.74, 6) is 0.674. The highest BCUT2D eigenvalue weighted by atomic mass is 32.2. The monoisotopic (exact) mass is 237 g/mol. The third-order valence-corrected chi connectivity index (χ3v) is 2.88. The number of fused-ring (bicyclic) bond motifs is 1. The van der Waals surface area contributed by atoms with E-state index in [-0.39, 0.29) is 0 Å². The molecule has 0 aliphatic rings. The molecular weight excluding hydrogens is 222 g/mol. The van der Waals surface area contributed by atoms with E-state index in [2.05, 4.69) is 27.9 Å². The highest BCUT2D eigenvalue weighted by Gasteiger charge is 2.10. The molecule has 0 saturated heterocycles. The van der Waals surface area contributed by atoms with Crippen molar-refractivity contribution in [1.82, 2.24) is 15.0 Å². The minimum Gasteiger partial charge on any atom is -0.477 e.